The topological polar surface area (TPSA) is 69.2 Å². The van der Waals surface area contributed by atoms with Crippen molar-refractivity contribution >= 4 is 36.4 Å². The van der Waals surface area contributed by atoms with Gasteiger partial charge >= 0.3 is 0 Å². The van der Waals surface area contributed by atoms with Crippen molar-refractivity contribution < 1.29 is 14.7 Å². The van der Waals surface area contributed by atoms with Crippen molar-refractivity contribution in [3.63, 3.8) is 0 Å². The fourth-order valence-corrected chi connectivity index (χ4v) is 1.97. The summed E-state index contributed by atoms with van der Waals surface area (Å²) in [6.45, 7) is 0. The molecule has 0 saturated carbocycles. The van der Waals surface area contributed by atoms with Crippen molar-refractivity contribution in [2.24, 2.45) is 0 Å². The van der Waals surface area contributed by atoms with Gasteiger partial charge in [0.25, 0.3) is 0 Å². The van der Waals surface area contributed by atoms with Gasteiger partial charge in [0.15, 0.2) is 0 Å². The van der Waals surface area contributed by atoms with Gasteiger partial charge in [0.2, 0.25) is 0 Å². The predicted octanol–water partition coefficient (Wildman–Crippen LogP) is -0.538. The van der Waals surface area contributed by atoms with Gasteiger partial charge in [-0.2, -0.15) is 0 Å². The molecular formula is C6H3Cl2O3P-2. The van der Waals surface area contributed by atoms with E-state index in [2.05, 4.69) is 0 Å². The molecule has 0 spiro atoms. The Bertz CT molecular complexity index is 277. The molecule has 1 rings (SSSR count). The van der Waals surface area contributed by atoms with Crippen LogP contribution in [0.1, 0.15) is 0 Å². The SMILES string of the molecule is [O-][P+]([O-])([O-])c1cc(Cl)cc(Cl)c1. The van der Waals surface area contributed by atoms with E-state index in [1.165, 1.54) is 6.07 Å². The Morgan fingerprint density at radius 2 is 1.33 bits per heavy atom. The molecule has 0 heterocycles. The monoisotopic (exact) mass is 224 g/mol. The van der Waals surface area contributed by atoms with Gasteiger partial charge in [-0.25, -0.2) is 0 Å². The quantitative estimate of drug-likeness (QED) is 0.602. The fraction of sp³-hybridized carbons (Fsp3) is 0. The summed E-state index contributed by atoms with van der Waals surface area (Å²) in [5, 5.41) is -0.131. The molecule has 0 aliphatic rings. The lowest BCUT2D eigenvalue weighted by Gasteiger charge is -2.41. The summed E-state index contributed by atoms with van der Waals surface area (Å²) < 4.78 is 0. The lowest BCUT2D eigenvalue weighted by molar-refractivity contribution is -0.421. The molecule has 0 aromatic heterocycles. The zero-order valence-corrected chi connectivity index (χ0v) is 8.07. The molecule has 3 nitrogen and oxygen atoms in total. The van der Waals surface area contributed by atoms with E-state index >= 15 is 0 Å². The van der Waals surface area contributed by atoms with Gasteiger partial charge in [-0.05, 0) is 18.2 Å². The van der Waals surface area contributed by atoms with Gasteiger partial charge in [0.05, 0.1) is 5.30 Å². The first-order valence-electron chi connectivity index (χ1n) is 2.88. The van der Waals surface area contributed by atoms with E-state index in [1.807, 2.05) is 0 Å². The predicted molar refractivity (Wildman–Crippen MR) is 43.0 cm³/mol. The molecule has 0 unspecified atom stereocenters. The van der Waals surface area contributed by atoms with Crippen LogP contribution >= 0.6 is 31.1 Å². The van der Waals surface area contributed by atoms with Crippen LogP contribution in [0.15, 0.2) is 18.2 Å². The lowest BCUT2D eigenvalue weighted by Crippen LogP contribution is -2.40. The van der Waals surface area contributed by atoms with Crippen molar-refractivity contribution in [3.8, 4) is 0 Å². The zero-order valence-electron chi connectivity index (χ0n) is 5.66. The molecule has 6 heteroatoms. The molecule has 0 N–H and O–H groups in total. The van der Waals surface area contributed by atoms with Crippen LogP contribution in [0.4, 0.5) is 0 Å². The van der Waals surface area contributed by atoms with Crippen molar-refractivity contribution in [2.45, 2.75) is 0 Å². The minimum absolute atomic E-state index is 0.129. The highest BCUT2D eigenvalue weighted by Gasteiger charge is 2.05. The smallest absolute Gasteiger partial charge is 0.0793 e. The number of benzene rings is 1. The summed E-state index contributed by atoms with van der Waals surface area (Å²) in [6, 6.07) is 3.48. The number of hydrogen-bond donors (Lipinski definition) is 0. The van der Waals surface area contributed by atoms with Crippen molar-refractivity contribution in [2.75, 3.05) is 0 Å². The van der Waals surface area contributed by atoms with E-state index in [-0.39, 0.29) is 15.3 Å². The summed E-state index contributed by atoms with van der Waals surface area (Å²) in [5.74, 6) is 0. The highest BCUT2D eigenvalue weighted by atomic mass is 35.5. The van der Waals surface area contributed by atoms with E-state index in [4.69, 9.17) is 23.2 Å². The minimum atomic E-state index is -4.74. The van der Waals surface area contributed by atoms with E-state index in [0.29, 0.717) is 0 Å². The van der Waals surface area contributed by atoms with Gasteiger partial charge < -0.3 is 14.7 Å². The first-order valence-corrected chi connectivity index (χ1v) is 5.18. The number of halogens is 2. The van der Waals surface area contributed by atoms with Gasteiger partial charge in [-0.3, -0.25) is 0 Å². The minimum Gasteiger partial charge on any atom is -0.683 e. The molecule has 0 bridgehead atoms. The Morgan fingerprint density at radius 3 is 1.67 bits per heavy atom. The second-order valence-electron chi connectivity index (χ2n) is 2.13. The third kappa shape index (κ3) is 2.56. The van der Waals surface area contributed by atoms with Crippen molar-refractivity contribution in [3.05, 3.63) is 28.2 Å². The van der Waals surface area contributed by atoms with E-state index in [9.17, 15) is 14.7 Å². The summed E-state index contributed by atoms with van der Waals surface area (Å²) in [6.07, 6.45) is 0. The summed E-state index contributed by atoms with van der Waals surface area (Å²) in [7, 11) is -4.74. The summed E-state index contributed by atoms with van der Waals surface area (Å²) in [4.78, 5) is 31.5. The molecule has 0 aliphatic carbocycles. The lowest BCUT2D eigenvalue weighted by atomic mass is 10.4. The number of rotatable bonds is 1. The second-order valence-corrected chi connectivity index (χ2v) is 4.51. The van der Waals surface area contributed by atoms with Crippen LogP contribution in [-0.4, -0.2) is 0 Å². The molecule has 0 fully saturated rings. The van der Waals surface area contributed by atoms with E-state index in [1.54, 1.807) is 0 Å². The Labute approximate surface area is 79.8 Å². The standard InChI is InChI=1S/C6H5Cl2O3P/c7-4-1-5(8)3-6(2-4)12(9,10)11/h1-3H,(H2,9,10,11)/p-2. The molecule has 0 radical (unpaired) electrons. The van der Waals surface area contributed by atoms with Gasteiger partial charge in [-0.15, -0.1) is 7.94 Å². The van der Waals surface area contributed by atoms with Crippen LogP contribution in [0.5, 0.6) is 0 Å². The molecule has 0 saturated heterocycles. The Morgan fingerprint density at radius 1 is 0.917 bits per heavy atom. The normalized spacial score (nSPS) is 11.8. The van der Waals surface area contributed by atoms with Crippen molar-refractivity contribution in [1.29, 1.82) is 0 Å². The van der Waals surface area contributed by atoms with E-state index in [0.717, 1.165) is 12.1 Å². The van der Waals surface area contributed by atoms with Crippen LogP contribution in [0.3, 0.4) is 0 Å². The van der Waals surface area contributed by atoms with Crippen LogP contribution in [-0.2, 0) is 0 Å². The first-order chi connectivity index (χ1) is 5.39. The second kappa shape index (κ2) is 3.46. The molecule has 0 atom stereocenters. The third-order valence-electron chi connectivity index (χ3n) is 1.16. The van der Waals surface area contributed by atoms with Crippen LogP contribution in [0.2, 0.25) is 10.0 Å². The van der Waals surface area contributed by atoms with Gasteiger partial charge in [0.1, 0.15) is 0 Å². The molecular weight excluding hydrogens is 222 g/mol. The Kier molecular flexibility index (Phi) is 2.94. The maximum Gasteiger partial charge on any atom is 0.0793 e. The molecule has 0 amide bonds. The van der Waals surface area contributed by atoms with Gasteiger partial charge in [-0.1, -0.05) is 23.2 Å². The summed E-state index contributed by atoms with van der Waals surface area (Å²) in [5.41, 5.74) is 0. The maximum absolute atomic E-state index is 10.5. The highest BCUT2D eigenvalue weighted by molar-refractivity contribution is 7.62. The van der Waals surface area contributed by atoms with Crippen LogP contribution < -0.4 is 20.0 Å². The van der Waals surface area contributed by atoms with Crippen molar-refractivity contribution in [1.82, 2.24) is 0 Å². The summed E-state index contributed by atoms with van der Waals surface area (Å²) >= 11 is 10.9. The Balaban J connectivity index is 3.18. The highest BCUT2D eigenvalue weighted by Crippen LogP contribution is 2.29. The molecule has 1 aromatic rings. The molecule has 12 heavy (non-hydrogen) atoms. The Hall–Kier alpha value is 0.110. The van der Waals surface area contributed by atoms with Crippen LogP contribution in [0, 0.1) is 0 Å². The molecule has 66 valence electrons. The average Bonchev–Trinajstić information content (AvgIpc) is 1.82. The first kappa shape index (κ1) is 10.2. The fourth-order valence-electron chi connectivity index (χ4n) is 0.697. The van der Waals surface area contributed by atoms with E-state index < -0.39 is 7.94 Å². The largest absolute Gasteiger partial charge is 0.683 e. The maximum atomic E-state index is 10.5. The van der Waals surface area contributed by atoms with Gasteiger partial charge in [0, 0.05) is 10.0 Å². The number of hydrogen-bond acceptors (Lipinski definition) is 3. The van der Waals surface area contributed by atoms with Crippen LogP contribution in [0.25, 0.3) is 0 Å². The zero-order chi connectivity index (χ0) is 9.35. The average molecular weight is 225 g/mol. The third-order valence-corrected chi connectivity index (χ3v) is 2.49. The molecule has 0 aliphatic heterocycles. The molecule has 1 aromatic carbocycles.